The van der Waals surface area contributed by atoms with Crippen molar-refractivity contribution in [3.63, 3.8) is 0 Å². The van der Waals surface area contributed by atoms with E-state index in [0.717, 1.165) is 45.0 Å². The first-order chi connectivity index (χ1) is 13.2. The quantitative estimate of drug-likeness (QED) is 0.424. The highest BCUT2D eigenvalue weighted by atomic mass is 15.3. The van der Waals surface area contributed by atoms with Crippen LogP contribution in [-0.2, 0) is 19.4 Å². The van der Waals surface area contributed by atoms with Gasteiger partial charge in [-0.15, -0.1) is 0 Å². The lowest BCUT2D eigenvalue weighted by molar-refractivity contribution is 0.597. The van der Waals surface area contributed by atoms with Crippen LogP contribution in [0.25, 0.3) is 10.9 Å². The highest BCUT2D eigenvalue weighted by molar-refractivity contribution is 5.86. The minimum Gasteiger partial charge on any atom is -0.361 e. The van der Waals surface area contributed by atoms with Crippen LogP contribution in [0, 0.1) is 6.92 Å². The molecule has 0 amide bonds. The Labute approximate surface area is 161 Å². The highest BCUT2D eigenvalue weighted by Gasteiger charge is 2.06. The van der Waals surface area contributed by atoms with Crippen LogP contribution in [0.5, 0.6) is 0 Å². The molecule has 0 unspecified atom stereocenters. The van der Waals surface area contributed by atoms with Gasteiger partial charge in [-0.05, 0) is 43.4 Å². The lowest BCUT2D eigenvalue weighted by atomic mass is 10.1. The number of hydrogen-bond donors (Lipinski definition) is 3. The number of aryl methyl sites for hydroxylation is 2. The fraction of sp³-hybridized carbons (Fsp3) is 0.429. The van der Waals surface area contributed by atoms with Gasteiger partial charge in [0.25, 0.3) is 0 Å². The van der Waals surface area contributed by atoms with Gasteiger partial charge < -0.3 is 15.6 Å². The van der Waals surface area contributed by atoms with Crippen molar-refractivity contribution >= 4 is 16.9 Å². The van der Waals surface area contributed by atoms with E-state index >= 15 is 0 Å². The average molecular weight is 367 g/mol. The van der Waals surface area contributed by atoms with Gasteiger partial charge in [0.05, 0.1) is 12.7 Å². The molecule has 0 bridgehead atoms. The lowest BCUT2D eigenvalue weighted by Gasteiger charge is -2.11. The zero-order valence-electron chi connectivity index (χ0n) is 16.5. The molecule has 0 spiro atoms. The zero-order valence-corrected chi connectivity index (χ0v) is 16.5. The van der Waals surface area contributed by atoms with Crippen molar-refractivity contribution in [2.45, 2.75) is 40.2 Å². The molecule has 6 heteroatoms. The van der Waals surface area contributed by atoms with Gasteiger partial charge >= 0.3 is 0 Å². The number of rotatable bonds is 8. The fourth-order valence-electron chi connectivity index (χ4n) is 3.28. The Kier molecular flexibility index (Phi) is 6.52. The summed E-state index contributed by atoms with van der Waals surface area (Å²) in [6, 6.07) is 6.53. The zero-order chi connectivity index (χ0) is 19.1. The van der Waals surface area contributed by atoms with Crippen molar-refractivity contribution < 1.29 is 0 Å². The molecule has 3 N–H and O–H groups in total. The Bertz CT molecular complexity index is 889. The number of aliphatic imine (C=N–C) groups is 1. The van der Waals surface area contributed by atoms with Gasteiger partial charge in [0.1, 0.15) is 0 Å². The van der Waals surface area contributed by atoms with Crippen molar-refractivity contribution in [2.24, 2.45) is 4.99 Å². The Balaban J connectivity index is 1.57. The van der Waals surface area contributed by atoms with Crippen LogP contribution < -0.4 is 10.6 Å². The third-order valence-electron chi connectivity index (χ3n) is 4.66. The van der Waals surface area contributed by atoms with Crippen molar-refractivity contribution in [3.8, 4) is 0 Å². The summed E-state index contributed by atoms with van der Waals surface area (Å²) < 4.78 is 1.95. The molecule has 3 rings (SSSR count). The molecule has 2 aromatic heterocycles. The number of aromatic amines is 1. The molecule has 6 nitrogen and oxygen atoms in total. The normalized spacial score (nSPS) is 11.9. The summed E-state index contributed by atoms with van der Waals surface area (Å²) in [5, 5.41) is 12.3. The van der Waals surface area contributed by atoms with Gasteiger partial charge in [0.15, 0.2) is 5.96 Å². The van der Waals surface area contributed by atoms with Crippen molar-refractivity contribution in [1.29, 1.82) is 0 Å². The number of fused-ring (bicyclic) bond motifs is 1. The lowest BCUT2D eigenvalue weighted by Crippen LogP contribution is -2.39. The van der Waals surface area contributed by atoms with E-state index in [4.69, 9.17) is 4.99 Å². The third-order valence-corrected chi connectivity index (χ3v) is 4.66. The first-order valence-electron chi connectivity index (χ1n) is 9.80. The van der Waals surface area contributed by atoms with Crippen LogP contribution >= 0.6 is 0 Å². The van der Waals surface area contributed by atoms with Crippen LogP contribution in [0.2, 0.25) is 0 Å². The molecule has 0 fully saturated rings. The number of nitrogens with zero attached hydrogens (tertiary/aromatic N) is 3. The molecule has 2 heterocycles. The third kappa shape index (κ3) is 4.90. The number of para-hydroxylation sites is 1. The van der Waals surface area contributed by atoms with Gasteiger partial charge in [-0.2, -0.15) is 5.10 Å². The van der Waals surface area contributed by atoms with Crippen molar-refractivity contribution in [2.75, 3.05) is 19.6 Å². The van der Waals surface area contributed by atoms with Crippen LogP contribution in [0.3, 0.4) is 0 Å². The van der Waals surface area contributed by atoms with E-state index in [-0.39, 0.29) is 0 Å². The maximum absolute atomic E-state index is 4.72. The Hall–Kier alpha value is -2.76. The second kappa shape index (κ2) is 9.26. The van der Waals surface area contributed by atoms with Gasteiger partial charge in [-0.1, -0.05) is 25.1 Å². The Morgan fingerprint density at radius 2 is 2.11 bits per heavy atom. The molecule has 0 saturated heterocycles. The van der Waals surface area contributed by atoms with Crippen LogP contribution in [0.15, 0.2) is 41.8 Å². The van der Waals surface area contributed by atoms with Crippen LogP contribution in [0.1, 0.15) is 30.5 Å². The van der Waals surface area contributed by atoms with Gasteiger partial charge in [-0.25, -0.2) is 0 Å². The van der Waals surface area contributed by atoms with Crippen LogP contribution in [-0.4, -0.2) is 40.4 Å². The summed E-state index contributed by atoms with van der Waals surface area (Å²) in [4.78, 5) is 8.16. The largest absolute Gasteiger partial charge is 0.361 e. The summed E-state index contributed by atoms with van der Waals surface area (Å²) in [6.07, 6.45) is 8.01. The summed E-state index contributed by atoms with van der Waals surface area (Å²) in [7, 11) is 0. The number of nitrogens with one attached hydrogen (secondary N) is 3. The number of hydrogen-bond acceptors (Lipinski definition) is 2. The van der Waals surface area contributed by atoms with Crippen molar-refractivity contribution in [1.82, 2.24) is 25.4 Å². The van der Waals surface area contributed by atoms with Gasteiger partial charge in [0, 0.05) is 42.9 Å². The molecule has 0 radical (unpaired) electrons. The maximum atomic E-state index is 4.72. The molecule has 0 aliphatic heterocycles. The fourth-order valence-corrected chi connectivity index (χ4v) is 3.28. The van der Waals surface area contributed by atoms with E-state index in [1.165, 1.54) is 27.6 Å². The highest BCUT2D eigenvalue weighted by Crippen LogP contribution is 2.22. The molecule has 0 aliphatic rings. The Morgan fingerprint density at radius 3 is 2.85 bits per heavy atom. The predicted octanol–water partition coefficient (Wildman–Crippen LogP) is 3.03. The number of H-pyrrole nitrogens is 1. The topological polar surface area (TPSA) is 70.0 Å². The standard InChI is InChI=1S/C21H30N6/c1-4-17-7-6-8-19-18(14-25-20(17)19)9-10-23-21(22-5-2)24-11-12-27-15-16(3)13-26-27/h6-8,13-15,25H,4-5,9-12H2,1-3H3,(H2,22,23,24). The first kappa shape index (κ1) is 19.0. The predicted molar refractivity (Wildman–Crippen MR) is 112 cm³/mol. The molecule has 1 aromatic carbocycles. The Morgan fingerprint density at radius 1 is 1.22 bits per heavy atom. The van der Waals surface area contributed by atoms with Crippen LogP contribution in [0.4, 0.5) is 0 Å². The van der Waals surface area contributed by atoms with Gasteiger partial charge in [-0.3, -0.25) is 9.67 Å². The van der Waals surface area contributed by atoms with E-state index in [9.17, 15) is 0 Å². The summed E-state index contributed by atoms with van der Waals surface area (Å²) in [5.74, 6) is 0.857. The monoisotopic (exact) mass is 366 g/mol. The molecule has 0 saturated carbocycles. The number of aromatic nitrogens is 3. The molecular weight excluding hydrogens is 336 g/mol. The minimum atomic E-state index is 0.750. The SMILES string of the molecule is CCNC(=NCCc1c[nH]c2c(CC)cccc12)NCCn1cc(C)cn1. The maximum Gasteiger partial charge on any atom is 0.191 e. The number of guanidine groups is 1. The van der Waals surface area contributed by atoms with Crippen molar-refractivity contribution in [3.05, 3.63) is 53.5 Å². The van der Waals surface area contributed by atoms with E-state index in [1.807, 2.05) is 17.1 Å². The minimum absolute atomic E-state index is 0.750. The molecule has 144 valence electrons. The second-order valence-corrected chi connectivity index (χ2v) is 6.73. The van der Waals surface area contributed by atoms with Gasteiger partial charge in [0.2, 0.25) is 0 Å². The van der Waals surface area contributed by atoms with E-state index < -0.39 is 0 Å². The smallest absolute Gasteiger partial charge is 0.191 e. The average Bonchev–Trinajstić information content (AvgIpc) is 3.28. The summed E-state index contributed by atoms with van der Waals surface area (Å²) in [5.41, 5.74) is 5.14. The van der Waals surface area contributed by atoms with E-state index in [1.54, 1.807) is 0 Å². The molecule has 0 aliphatic carbocycles. The first-order valence-corrected chi connectivity index (χ1v) is 9.80. The number of benzene rings is 1. The van der Waals surface area contributed by atoms with E-state index in [2.05, 4.69) is 65.9 Å². The summed E-state index contributed by atoms with van der Waals surface area (Å²) >= 11 is 0. The second-order valence-electron chi connectivity index (χ2n) is 6.73. The molecule has 0 atom stereocenters. The molecule has 27 heavy (non-hydrogen) atoms. The van der Waals surface area contributed by atoms with E-state index in [0.29, 0.717) is 0 Å². The molecular formula is C21H30N6. The summed E-state index contributed by atoms with van der Waals surface area (Å²) in [6.45, 7) is 9.54. The molecule has 3 aromatic rings.